The number of nitrogens with zero attached hydrogens (tertiary/aromatic N) is 3. The fourth-order valence-electron chi connectivity index (χ4n) is 2.74. The van der Waals surface area contributed by atoms with E-state index in [-0.39, 0.29) is 0 Å². The van der Waals surface area contributed by atoms with Gasteiger partial charge in [0.2, 0.25) is 10.0 Å². The number of ether oxygens (including phenoxy) is 1. The van der Waals surface area contributed by atoms with Gasteiger partial charge in [-0.1, -0.05) is 30.3 Å². The molecule has 2 fully saturated rings. The van der Waals surface area contributed by atoms with Crippen molar-refractivity contribution in [3.8, 4) is 0 Å². The second-order valence-electron chi connectivity index (χ2n) is 5.79. The number of piperazine rings is 1. The van der Waals surface area contributed by atoms with Gasteiger partial charge in [-0.05, 0) is 23.9 Å². The Labute approximate surface area is 148 Å². The van der Waals surface area contributed by atoms with Crippen LogP contribution in [0.2, 0.25) is 0 Å². The molecular formula is C16H21N3O3S2. The third-order valence-electron chi connectivity index (χ3n) is 4.14. The average Bonchev–Trinajstić information content (AvgIpc) is 2.99. The monoisotopic (exact) mass is 367 g/mol. The molecule has 130 valence electrons. The molecular weight excluding hydrogens is 346 g/mol. The van der Waals surface area contributed by atoms with Crippen molar-refractivity contribution in [3.63, 3.8) is 0 Å². The van der Waals surface area contributed by atoms with Crippen LogP contribution in [0.15, 0.2) is 35.7 Å². The minimum Gasteiger partial charge on any atom is -0.469 e. The highest BCUT2D eigenvalue weighted by atomic mass is 32.2. The van der Waals surface area contributed by atoms with Crippen molar-refractivity contribution in [3.05, 3.63) is 41.3 Å². The highest BCUT2D eigenvalue weighted by Gasteiger charge is 2.27. The minimum absolute atomic E-state index is 0.489. The predicted octanol–water partition coefficient (Wildman–Crippen LogP) is 1.18. The van der Waals surface area contributed by atoms with Crippen molar-refractivity contribution in [1.29, 1.82) is 0 Å². The van der Waals surface area contributed by atoms with E-state index < -0.39 is 10.0 Å². The van der Waals surface area contributed by atoms with Crippen LogP contribution in [0, 0.1) is 0 Å². The molecule has 2 heterocycles. The third-order valence-corrected chi connectivity index (χ3v) is 6.08. The predicted molar refractivity (Wildman–Crippen MR) is 97.7 cm³/mol. The maximum absolute atomic E-state index is 12.4. The van der Waals surface area contributed by atoms with Gasteiger partial charge >= 0.3 is 0 Å². The van der Waals surface area contributed by atoms with E-state index in [4.69, 9.17) is 17.0 Å². The number of benzene rings is 1. The fourth-order valence-corrected chi connectivity index (χ4v) is 4.14. The summed E-state index contributed by atoms with van der Waals surface area (Å²) in [6, 6.07) is 9.44. The molecule has 6 nitrogen and oxygen atoms in total. The lowest BCUT2D eigenvalue weighted by atomic mass is 10.2. The van der Waals surface area contributed by atoms with Gasteiger partial charge in [0.1, 0.15) is 6.61 Å². The van der Waals surface area contributed by atoms with Gasteiger partial charge in [-0.3, -0.25) is 4.90 Å². The standard InChI is InChI=1S/C16H21N3O3S2/c20-24(21,13-6-15-4-2-1-3-5-15)19-9-7-17(8-10-19)14-18-11-12-22-16(18)23/h1-6,13H,7-12,14H2/b13-6+. The summed E-state index contributed by atoms with van der Waals surface area (Å²) >= 11 is 5.13. The van der Waals surface area contributed by atoms with Crippen LogP contribution >= 0.6 is 12.2 Å². The third kappa shape index (κ3) is 4.32. The Morgan fingerprint density at radius 2 is 1.79 bits per heavy atom. The molecule has 0 aromatic heterocycles. The van der Waals surface area contributed by atoms with Crippen LogP contribution in [-0.2, 0) is 14.8 Å². The number of rotatable bonds is 5. The number of thiocarbonyl (C=S) groups is 1. The van der Waals surface area contributed by atoms with Crippen molar-refractivity contribution in [2.75, 3.05) is 46.0 Å². The second-order valence-corrected chi connectivity index (χ2v) is 7.96. The van der Waals surface area contributed by atoms with E-state index in [1.165, 1.54) is 9.71 Å². The molecule has 0 saturated carbocycles. The van der Waals surface area contributed by atoms with Gasteiger partial charge < -0.3 is 9.64 Å². The molecule has 0 atom stereocenters. The summed E-state index contributed by atoms with van der Waals surface area (Å²) < 4.78 is 31.7. The smallest absolute Gasteiger partial charge is 0.260 e. The summed E-state index contributed by atoms with van der Waals surface area (Å²) in [5, 5.41) is 1.83. The van der Waals surface area contributed by atoms with Crippen molar-refractivity contribution in [2.45, 2.75) is 0 Å². The highest BCUT2D eigenvalue weighted by Crippen LogP contribution is 2.13. The molecule has 0 N–H and O–H groups in total. The van der Waals surface area contributed by atoms with Crippen LogP contribution in [0.5, 0.6) is 0 Å². The molecule has 0 spiro atoms. The van der Waals surface area contributed by atoms with Crippen LogP contribution in [0.25, 0.3) is 6.08 Å². The van der Waals surface area contributed by atoms with Crippen molar-refractivity contribution >= 4 is 33.5 Å². The summed E-state index contributed by atoms with van der Waals surface area (Å²) in [5.74, 6) is 0. The first kappa shape index (κ1) is 17.3. The Morgan fingerprint density at radius 1 is 1.08 bits per heavy atom. The molecule has 0 bridgehead atoms. The zero-order valence-corrected chi connectivity index (χ0v) is 15.0. The number of hydrogen-bond donors (Lipinski definition) is 0. The van der Waals surface area contributed by atoms with Gasteiger partial charge in [0.15, 0.2) is 0 Å². The molecule has 2 saturated heterocycles. The molecule has 1 aromatic rings. The van der Waals surface area contributed by atoms with Gasteiger partial charge in [-0.15, -0.1) is 0 Å². The van der Waals surface area contributed by atoms with E-state index in [0.717, 1.165) is 12.1 Å². The van der Waals surface area contributed by atoms with Crippen molar-refractivity contribution in [1.82, 2.24) is 14.1 Å². The first-order valence-corrected chi connectivity index (χ1v) is 9.83. The largest absolute Gasteiger partial charge is 0.469 e. The van der Waals surface area contributed by atoms with Crippen LogP contribution < -0.4 is 0 Å². The first-order chi connectivity index (χ1) is 11.5. The van der Waals surface area contributed by atoms with Crippen LogP contribution in [0.4, 0.5) is 0 Å². The lowest BCUT2D eigenvalue weighted by Crippen LogP contribution is -2.51. The Hall–Kier alpha value is -1.48. The zero-order valence-electron chi connectivity index (χ0n) is 13.4. The molecule has 0 unspecified atom stereocenters. The van der Waals surface area contributed by atoms with E-state index in [9.17, 15) is 8.42 Å². The Kier molecular flexibility index (Phi) is 5.50. The topological polar surface area (TPSA) is 53.1 Å². The second kappa shape index (κ2) is 7.60. The van der Waals surface area contributed by atoms with E-state index in [1.807, 2.05) is 35.2 Å². The highest BCUT2D eigenvalue weighted by molar-refractivity contribution is 7.92. The SMILES string of the molecule is O=S(=O)(/C=C/c1ccccc1)N1CCN(CN2CCOC2=S)CC1. The Morgan fingerprint density at radius 3 is 2.42 bits per heavy atom. The van der Waals surface area contributed by atoms with Crippen molar-refractivity contribution in [2.24, 2.45) is 0 Å². The molecule has 2 aliphatic rings. The Balaban J connectivity index is 1.53. The molecule has 1 aromatic carbocycles. The normalized spacial score (nSPS) is 20.7. The van der Waals surface area contributed by atoms with E-state index >= 15 is 0 Å². The molecule has 8 heteroatoms. The van der Waals surface area contributed by atoms with Crippen molar-refractivity contribution < 1.29 is 13.2 Å². The quantitative estimate of drug-likeness (QED) is 0.729. The van der Waals surface area contributed by atoms with Gasteiger partial charge in [0, 0.05) is 31.6 Å². The summed E-state index contributed by atoms with van der Waals surface area (Å²) in [5.41, 5.74) is 0.877. The van der Waals surface area contributed by atoms with Gasteiger partial charge in [0.05, 0.1) is 13.2 Å². The maximum Gasteiger partial charge on any atom is 0.260 e. The summed E-state index contributed by atoms with van der Waals surface area (Å²) in [4.78, 5) is 4.21. The summed E-state index contributed by atoms with van der Waals surface area (Å²) in [6.07, 6.45) is 1.64. The molecule has 0 aliphatic carbocycles. The zero-order chi connectivity index (χ0) is 17.0. The van der Waals surface area contributed by atoms with Gasteiger partial charge in [-0.2, -0.15) is 4.31 Å². The van der Waals surface area contributed by atoms with E-state index in [1.54, 1.807) is 6.08 Å². The number of hydrogen-bond acceptors (Lipinski definition) is 5. The van der Waals surface area contributed by atoms with E-state index in [0.29, 0.717) is 44.6 Å². The van der Waals surface area contributed by atoms with Crippen LogP contribution in [0.3, 0.4) is 0 Å². The lowest BCUT2D eigenvalue weighted by molar-refractivity contribution is 0.143. The lowest BCUT2D eigenvalue weighted by Gasteiger charge is -2.35. The van der Waals surface area contributed by atoms with Crippen LogP contribution in [0.1, 0.15) is 5.56 Å². The fraction of sp³-hybridized carbons (Fsp3) is 0.438. The minimum atomic E-state index is -3.38. The van der Waals surface area contributed by atoms with Gasteiger partial charge in [0.25, 0.3) is 5.17 Å². The Bertz CT molecular complexity index is 699. The molecule has 0 radical (unpaired) electrons. The van der Waals surface area contributed by atoms with E-state index in [2.05, 4.69) is 4.90 Å². The van der Waals surface area contributed by atoms with Gasteiger partial charge in [-0.25, -0.2) is 8.42 Å². The maximum atomic E-state index is 12.4. The molecule has 2 aliphatic heterocycles. The molecule has 0 amide bonds. The summed E-state index contributed by atoms with van der Waals surface area (Å²) in [7, 11) is -3.38. The number of sulfonamides is 1. The average molecular weight is 367 g/mol. The molecule has 24 heavy (non-hydrogen) atoms. The van der Waals surface area contributed by atoms with Crippen LogP contribution in [-0.4, -0.2) is 73.7 Å². The summed E-state index contributed by atoms with van der Waals surface area (Å²) in [6.45, 7) is 4.50. The molecule has 3 rings (SSSR count). The first-order valence-electron chi connectivity index (χ1n) is 7.92.